The van der Waals surface area contributed by atoms with Crippen molar-refractivity contribution in [1.29, 1.82) is 0 Å². The Morgan fingerprint density at radius 2 is 1.97 bits per heavy atom. The number of hydrogen-bond acceptors (Lipinski definition) is 6. The lowest BCUT2D eigenvalue weighted by atomic mass is 10.0. The second kappa shape index (κ2) is 9.32. The van der Waals surface area contributed by atoms with Crippen molar-refractivity contribution >= 4 is 27.5 Å². The molecule has 0 spiro atoms. The molecule has 1 fully saturated rings. The van der Waals surface area contributed by atoms with Crippen LogP contribution in [-0.2, 0) is 21.4 Å². The van der Waals surface area contributed by atoms with Crippen LogP contribution < -0.4 is 20.9 Å². The fourth-order valence-electron chi connectivity index (χ4n) is 3.20. The molecule has 2 atom stereocenters. The molecular formula is C20H25ClN4O4S. The summed E-state index contributed by atoms with van der Waals surface area (Å²) in [6.07, 6.45) is 0.460. The summed E-state index contributed by atoms with van der Waals surface area (Å²) >= 11 is 6.13. The Bertz CT molecular complexity index is 1030. The zero-order valence-electron chi connectivity index (χ0n) is 17.0. The Hall–Kier alpha value is -2.17. The van der Waals surface area contributed by atoms with Gasteiger partial charge in [-0.1, -0.05) is 35.9 Å². The molecule has 1 saturated heterocycles. The number of nitrogens with zero attached hydrogens (tertiary/aromatic N) is 1. The van der Waals surface area contributed by atoms with Crippen molar-refractivity contribution in [1.82, 2.24) is 20.5 Å². The molecule has 2 aromatic rings. The van der Waals surface area contributed by atoms with Gasteiger partial charge in [-0.25, -0.2) is 23.6 Å². The molecule has 0 aromatic heterocycles. The quantitative estimate of drug-likeness (QED) is 0.592. The molecule has 10 heteroatoms. The number of hydrogen-bond donors (Lipinski definition) is 3. The third-order valence-corrected chi connectivity index (χ3v) is 7.18. The zero-order chi connectivity index (χ0) is 21.9. The molecule has 3 N–H and O–H groups in total. The van der Waals surface area contributed by atoms with Gasteiger partial charge in [0.25, 0.3) is 0 Å². The monoisotopic (exact) mass is 452 g/mol. The Morgan fingerprint density at radius 3 is 2.63 bits per heavy atom. The molecule has 1 heterocycles. The van der Waals surface area contributed by atoms with Crippen molar-refractivity contribution in [3.05, 3.63) is 58.6 Å². The van der Waals surface area contributed by atoms with Crippen molar-refractivity contribution in [2.45, 2.75) is 29.9 Å². The second-order valence-corrected chi connectivity index (χ2v) is 9.66. The van der Waals surface area contributed by atoms with E-state index in [4.69, 9.17) is 16.3 Å². The van der Waals surface area contributed by atoms with Crippen LogP contribution in [0.5, 0.6) is 5.75 Å². The highest BCUT2D eigenvalue weighted by atomic mass is 35.5. The van der Waals surface area contributed by atoms with Gasteiger partial charge in [-0.15, -0.1) is 0 Å². The van der Waals surface area contributed by atoms with Gasteiger partial charge in [0, 0.05) is 31.7 Å². The lowest BCUT2D eigenvalue weighted by molar-refractivity contribution is -0.123. The average molecular weight is 453 g/mol. The van der Waals surface area contributed by atoms with Gasteiger partial charge in [-0.3, -0.25) is 4.79 Å². The first-order valence-electron chi connectivity index (χ1n) is 9.36. The van der Waals surface area contributed by atoms with Crippen LogP contribution >= 0.6 is 11.6 Å². The van der Waals surface area contributed by atoms with E-state index in [0.717, 1.165) is 15.4 Å². The third-order valence-electron chi connectivity index (χ3n) is 4.98. The summed E-state index contributed by atoms with van der Waals surface area (Å²) in [7, 11) is 0.689. The summed E-state index contributed by atoms with van der Waals surface area (Å²) in [4.78, 5) is 12.6. The molecule has 162 valence electrons. The number of carbonyl (C=O) groups is 1. The van der Waals surface area contributed by atoms with Crippen LogP contribution in [-0.4, -0.2) is 45.9 Å². The normalized spacial score (nSPS) is 19.1. The minimum atomic E-state index is -3.68. The number of halogens is 1. The number of sulfonamides is 1. The lowest BCUT2D eigenvalue weighted by Gasteiger charge is -2.17. The highest BCUT2D eigenvalue weighted by Crippen LogP contribution is 2.31. The maximum atomic E-state index is 12.6. The van der Waals surface area contributed by atoms with Crippen LogP contribution in [0.2, 0.25) is 5.02 Å². The number of benzene rings is 2. The molecule has 8 nitrogen and oxygen atoms in total. The number of nitrogens with one attached hydrogen (secondary N) is 3. The molecule has 1 aliphatic heterocycles. The van der Waals surface area contributed by atoms with Gasteiger partial charge in [0.2, 0.25) is 15.9 Å². The predicted octanol–water partition coefficient (Wildman–Crippen LogP) is 1.82. The molecule has 2 unspecified atom stereocenters. The fourth-order valence-corrected chi connectivity index (χ4v) is 4.49. The predicted molar refractivity (Wildman–Crippen MR) is 115 cm³/mol. The Balaban J connectivity index is 1.70. The summed E-state index contributed by atoms with van der Waals surface area (Å²) in [5, 5.41) is 3.47. The first-order chi connectivity index (χ1) is 14.2. The van der Waals surface area contributed by atoms with Crippen molar-refractivity contribution in [3.63, 3.8) is 0 Å². The molecule has 3 rings (SSSR count). The SMILES string of the molecule is COc1ccc(C2CC(C(=O)NCc3ccccc3Cl)NN2)cc1S(=O)(=O)N(C)C. The van der Waals surface area contributed by atoms with Crippen LogP contribution in [0.3, 0.4) is 0 Å². The molecule has 0 radical (unpaired) electrons. The number of rotatable bonds is 7. The Kier molecular flexibility index (Phi) is 6.99. The summed E-state index contributed by atoms with van der Waals surface area (Å²) in [6.45, 7) is 0.328. The number of methoxy groups -OCH3 is 1. The van der Waals surface area contributed by atoms with Crippen LogP contribution in [0.25, 0.3) is 0 Å². The minimum absolute atomic E-state index is 0.0842. The summed E-state index contributed by atoms with van der Waals surface area (Å²) < 4.78 is 31.6. The largest absolute Gasteiger partial charge is 0.495 e. The van der Waals surface area contributed by atoms with E-state index in [2.05, 4.69) is 16.2 Å². The van der Waals surface area contributed by atoms with E-state index in [1.165, 1.54) is 21.2 Å². The van der Waals surface area contributed by atoms with E-state index in [0.29, 0.717) is 18.0 Å². The molecule has 0 saturated carbocycles. The van der Waals surface area contributed by atoms with Crippen LogP contribution in [0, 0.1) is 0 Å². The maximum absolute atomic E-state index is 12.6. The van der Waals surface area contributed by atoms with Gasteiger partial charge in [-0.05, 0) is 35.7 Å². The molecule has 30 heavy (non-hydrogen) atoms. The van der Waals surface area contributed by atoms with E-state index < -0.39 is 16.1 Å². The average Bonchev–Trinajstić information content (AvgIpc) is 3.22. The number of carbonyl (C=O) groups excluding carboxylic acids is 1. The summed E-state index contributed by atoms with van der Waals surface area (Å²) in [6, 6.07) is 11.6. The van der Waals surface area contributed by atoms with E-state index in [1.807, 2.05) is 18.2 Å². The van der Waals surface area contributed by atoms with E-state index in [9.17, 15) is 13.2 Å². The zero-order valence-corrected chi connectivity index (χ0v) is 18.5. The first kappa shape index (κ1) is 22.5. The van der Waals surface area contributed by atoms with Gasteiger partial charge in [0.1, 0.15) is 16.7 Å². The topological polar surface area (TPSA) is 99.8 Å². The highest BCUT2D eigenvalue weighted by molar-refractivity contribution is 7.89. The fraction of sp³-hybridized carbons (Fsp3) is 0.350. The molecule has 1 amide bonds. The first-order valence-corrected chi connectivity index (χ1v) is 11.2. The lowest BCUT2D eigenvalue weighted by Crippen LogP contribution is -2.42. The van der Waals surface area contributed by atoms with Gasteiger partial charge < -0.3 is 10.1 Å². The molecule has 1 aliphatic rings. The highest BCUT2D eigenvalue weighted by Gasteiger charge is 2.31. The maximum Gasteiger partial charge on any atom is 0.246 e. The number of amides is 1. The van der Waals surface area contributed by atoms with E-state index >= 15 is 0 Å². The van der Waals surface area contributed by atoms with E-state index in [-0.39, 0.29) is 22.6 Å². The molecular weight excluding hydrogens is 428 g/mol. The summed E-state index contributed by atoms with van der Waals surface area (Å²) in [5.74, 6) is 0.104. The van der Waals surface area contributed by atoms with Crippen molar-refractivity contribution in [2.24, 2.45) is 0 Å². The third kappa shape index (κ3) is 4.76. The summed E-state index contributed by atoms with van der Waals surface area (Å²) in [5.41, 5.74) is 7.63. The standard InChI is InChI=1S/C20H25ClN4O4S/c1-25(2)30(27,28)19-10-13(8-9-18(19)29-3)16-11-17(24-23-16)20(26)22-12-14-6-4-5-7-15(14)21/h4-10,16-17,23-24H,11-12H2,1-3H3,(H,22,26). The minimum Gasteiger partial charge on any atom is -0.495 e. The van der Waals surface area contributed by atoms with E-state index in [1.54, 1.807) is 24.3 Å². The van der Waals surface area contributed by atoms with Crippen LogP contribution in [0.15, 0.2) is 47.4 Å². The van der Waals surface area contributed by atoms with Crippen molar-refractivity contribution < 1.29 is 17.9 Å². The molecule has 0 bridgehead atoms. The molecule has 0 aliphatic carbocycles. The Labute approximate surface area is 181 Å². The molecule has 2 aromatic carbocycles. The smallest absolute Gasteiger partial charge is 0.246 e. The van der Waals surface area contributed by atoms with Crippen molar-refractivity contribution in [3.8, 4) is 5.75 Å². The number of hydrazine groups is 1. The van der Waals surface area contributed by atoms with Crippen LogP contribution in [0.1, 0.15) is 23.6 Å². The second-order valence-electron chi connectivity index (χ2n) is 7.14. The van der Waals surface area contributed by atoms with Gasteiger partial charge >= 0.3 is 0 Å². The number of ether oxygens (including phenoxy) is 1. The Morgan fingerprint density at radius 1 is 1.23 bits per heavy atom. The van der Waals surface area contributed by atoms with Gasteiger partial charge in [0.15, 0.2) is 0 Å². The van der Waals surface area contributed by atoms with Crippen LogP contribution in [0.4, 0.5) is 0 Å². The van der Waals surface area contributed by atoms with Gasteiger partial charge in [0.05, 0.1) is 7.11 Å². The van der Waals surface area contributed by atoms with Gasteiger partial charge in [-0.2, -0.15) is 0 Å². The van der Waals surface area contributed by atoms with Crippen molar-refractivity contribution in [2.75, 3.05) is 21.2 Å².